The van der Waals surface area contributed by atoms with Crippen molar-refractivity contribution in [1.82, 2.24) is 0 Å². The van der Waals surface area contributed by atoms with Gasteiger partial charge in [-0.05, 0) is 42.3 Å². The maximum absolute atomic E-state index is 6.10. The Bertz CT molecular complexity index is 526. The van der Waals surface area contributed by atoms with E-state index in [1.54, 1.807) is 0 Å². The van der Waals surface area contributed by atoms with Crippen LogP contribution in [0.4, 0.5) is 0 Å². The predicted octanol–water partition coefficient (Wildman–Crippen LogP) is 5.53. The Kier molecular flexibility index (Phi) is 4.39. The molecule has 0 bridgehead atoms. The van der Waals surface area contributed by atoms with Crippen LogP contribution in [-0.2, 0) is 6.61 Å². The fourth-order valence-corrected chi connectivity index (χ4v) is 2.39. The molecule has 0 saturated carbocycles. The van der Waals surface area contributed by atoms with Gasteiger partial charge in [-0.15, -0.1) is 0 Å². The normalized spacial score (nSPS) is 10.4. The maximum Gasteiger partial charge on any atom is 0.156 e. The standard InChI is InChI=1S/C14H11Cl3O/c1-9-6-12(16)14(13(17)7-9)18-8-10-2-4-11(15)5-3-10/h2-7H,8H2,1H3. The summed E-state index contributed by atoms with van der Waals surface area (Å²) in [7, 11) is 0. The minimum atomic E-state index is 0.402. The number of rotatable bonds is 3. The van der Waals surface area contributed by atoms with E-state index >= 15 is 0 Å². The second-order valence-corrected chi connectivity index (χ2v) is 5.22. The second-order valence-electron chi connectivity index (χ2n) is 3.97. The van der Waals surface area contributed by atoms with E-state index in [1.165, 1.54) is 0 Å². The highest BCUT2D eigenvalue weighted by molar-refractivity contribution is 6.37. The lowest BCUT2D eigenvalue weighted by Gasteiger charge is -2.10. The first-order valence-electron chi connectivity index (χ1n) is 5.39. The monoisotopic (exact) mass is 300 g/mol. The summed E-state index contributed by atoms with van der Waals surface area (Å²) in [6.45, 7) is 2.33. The van der Waals surface area contributed by atoms with Gasteiger partial charge < -0.3 is 4.74 Å². The molecule has 0 aliphatic heterocycles. The van der Waals surface area contributed by atoms with E-state index in [-0.39, 0.29) is 0 Å². The van der Waals surface area contributed by atoms with Crippen LogP contribution in [0.3, 0.4) is 0 Å². The molecule has 94 valence electrons. The van der Waals surface area contributed by atoms with Crippen LogP contribution in [0.5, 0.6) is 5.75 Å². The molecule has 0 amide bonds. The summed E-state index contributed by atoms with van der Waals surface area (Å²) in [5, 5.41) is 1.74. The lowest BCUT2D eigenvalue weighted by molar-refractivity contribution is 0.306. The summed E-state index contributed by atoms with van der Waals surface area (Å²) in [5.41, 5.74) is 2.01. The van der Waals surface area contributed by atoms with E-state index in [1.807, 2.05) is 43.3 Å². The van der Waals surface area contributed by atoms with E-state index in [0.29, 0.717) is 27.4 Å². The minimum absolute atomic E-state index is 0.402. The molecule has 4 heteroatoms. The third-order valence-electron chi connectivity index (χ3n) is 2.44. The molecule has 2 aromatic rings. The highest BCUT2D eigenvalue weighted by atomic mass is 35.5. The topological polar surface area (TPSA) is 9.23 Å². The number of hydrogen-bond acceptors (Lipinski definition) is 1. The molecule has 0 fully saturated rings. The van der Waals surface area contributed by atoms with Gasteiger partial charge >= 0.3 is 0 Å². The predicted molar refractivity (Wildman–Crippen MR) is 77.0 cm³/mol. The van der Waals surface area contributed by atoms with Crippen LogP contribution in [-0.4, -0.2) is 0 Å². The zero-order chi connectivity index (χ0) is 13.1. The van der Waals surface area contributed by atoms with Gasteiger partial charge in [-0.25, -0.2) is 0 Å². The molecule has 0 aromatic heterocycles. The largest absolute Gasteiger partial charge is 0.486 e. The zero-order valence-corrected chi connectivity index (χ0v) is 12.0. The van der Waals surface area contributed by atoms with Crippen molar-refractivity contribution in [3.8, 4) is 5.75 Å². The molecule has 2 rings (SSSR count). The summed E-state index contributed by atoms with van der Waals surface area (Å²) in [5.74, 6) is 0.513. The van der Waals surface area contributed by atoms with Crippen LogP contribution in [0.2, 0.25) is 15.1 Å². The Balaban J connectivity index is 2.13. The molecule has 2 aromatic carbocycles. The maximum atomic E-state index is 6.10. The zero-order valence-electron chi connectivity index (χ0n) is 9.71. The summed E-state index contributed by atoms with van der Waals surface area (Å²) in [4.78, 5) is 0. The van der Waals surface area contributed by atoms with Gasteiger partial charge in [-0.2, -0.15) is 0 Å². The van der Waals surface area contributed by atoms with Crippen LogP contribution < -0.4 is 4.74 Å². The van der Waals surface area contributed by atoms with Crippen molar-refractivity contribution >= 4 is 34.8 Å². The van der Waals surface area contributed by atoms with Gasteiger partial charge in [-0.1, -0.05) is 46.9 Å². The summed E-state index contributed by atoms with van der Waals surface area (Å²) in [6, 6.07) is 11.1. The average molecular weight is 302 g/mol. The van der Waals surface area contributed by atoms with Crippen molar-refractivity contribution < 1.29 is 4.74 Å². The highest BCUT2D eigenvalue weighted by Gasteiger charge is 2.08. The van der Waals surface area contributed by atoms with Crippen molar-refractivity contribution in [1.29, 1.82) is 0 Å². The van der Waals surface area contributed by atoms with Crippen molar-refractivity contribution in [2.45, 2.75) is 13.5 Å². The first-order chi connectivity index (χ1) is 8.56. The molecule has 0 aliphatic carbocycles. The molecule has 0 aliphatic rings. The molecule has 0 unspecified atom stereocenters. The Morgan fingerprint density at radius 1 is 0.944 bits per heavy atom. The third kappa shape index (κ3) is 3.32. The number of ether oxygens (including phenoxy) is 1. The Labute approximate surface area is 121 Å². The van der Waals surface area contributed by atoms with E-state index in [9.17, 15) is 0 Å². The van der Waals surface area contributed by atoms with Gasteiger partial charge in [0.1, 0.15) is 6.61 Å². The second kappa shape index (κ2) is 5.83. The van der Waals surface area contributed by atoms with Crippen molar-refractivity contribution in [2.24, 2.45) is 0 Å². The van der Waals surface area contributed by atoms with Crippen LogP contribution in [0.15, 0.2) is 36.4 Å². The SMILES string of the molecule is Cc1cc(Cl)c(OCc2ccc(Cl)cc2)c(Cl)c1. The van der Waals surface area contributed by atoms with E-state index in [0.717, 1.165) is 11.1 Å². The fourth-order valence-electron chi connectivity index (χ4n) is 1.56. The highest BCUT2D eigenvalue weighted by Crippen LogP contribution is 2.34. The molecule has 0 atom stereocenters. The molecular formula is C14H11Cl3O. The van der Waals surface area contributed by atoms with Crippen molar-refractivity contribution in [2.75, 3.05) is 0 Å². The number of aryl methyl sites for hydroxylation is 1. The van der Waals surface area contributed by atoms with Gasteiger partial charge in [0.05, 0.1) is 10.0 Å². The molecule has 0 spiro atoms. The Morgan fingerprint density at radius 2 is 1.50 bits per heavy atom. The molecule has 0 heterocycles. The molecule has 18 heavy (non-hydrogen) atoms. The van der Waals surface area contributed by atoms with E-state index in [2.05, 4.69) is 0 Å². The lowest BCUT2D eigenvalue weighted by Crippen LogP contribution is -1.96. The smallest absolute Gasteiger partial charge is 0.156 e. The summed E-state index contributed by atoms with van der Waals surface area (Å²) in [6.07, 6.45) is 0. The van der Waals surface area contributed by atoms with Crippen molar-refractivity contribution in [3.05, 3.63) is 62.6 Å². The van der Waals surface area contributed by atoms with Gasteiger partial charge in [0.25, 0.3) is 0 Å². The van der Waals surface area contributed by atoms with Gasteiger partial charge in [-0.3, -0.25) is 0 Å². The van der Waals surface area contributed by atoms with Crippen LogP contribution in [0.25, 0.3) is 0 Å². The van der Waals surface area contributed by atoms with Gasteiger partial charge in [0, 0.05) is 5.02 Å². The third-order valence-corrected chi connectivity index (χ3v) is 3.25. The molecule has 1 nitrogen and oxygen atoms in total. The first kappa shape index (κ1) is 13.5. The molecular weight excluding hydrogens is 291 g/mol. The van der Waals surface area contributed by atoms with Gasteiger partial charge in [0.2, 0.25) is 0 Å². The number of benzene rings is 2. The summed E-state index contributed by atoms with van der Waals surface area (Å²) >= 11 is 18.0. The first-order valence-corrected chi connectivity index (χ1v) is 6.52. The van der Waals surface area contributed by atoms with Crippen LogP contribution >= 0.6 is 34.8 Å². The molecule has 0 N–H and O–H groups in total. The van der Waals surface area contributed by atoms with Crippen LogP contribution in [0, 0.1) is 6.92 Å². The van der Waals surface area contributed by atoms with E-state index in [4.69, 9.17) is 39.5 Å². The van der Waals surface area contributed by atoms with Crippen LogP contribution in [0.1, 0.15) is 11.1 Å². The van der Waals surface area contributed by atoms with Gasteiger partial charge in [0.15, 0.2) is 5.75 Å². The number of halogens is 3. The fraction of sp³-hybridized carbons (Fsp3) is 0.143. The lowest BCUT2D eigenvalue weighted by atomic mass is 10.2. The average Bonchev–Trinajstić information content (AvgIpc) is 2.30. The van der Waals surface area contributed by atoms with E-state index < -0.39 is 0 Å². The van der Waals surface area contributed by atoms with Crippen molar-refractivity contribution in [3.63, 3.8) is 0 Å². The Hall–Kier alpha value is -0.890. The number of hydrogen-bond donors (Lipinski definition) is 0. The quantitative estimate of drug-likeness (QED) is 0.724. The molecule has 0 saturated heterocycles. The molecule has 0 radical (unpaired) electrons. The minimum Gasteiger partial charge on any atom is -0.486 e. The Morgan fingerprint density at radius 3 is 2.06 bits per heavy atom. The summed E-state index contributed by atoms with van der Waals surface area (Å²) < 4.78 is 5.64.